The predicted octanol–water partition coefficient (Wildman–Crippen LogP) is 3.94. The highest BCUT2D eigenvalue weighted by Gasteiger charge is 2.50. The SMILES string of the molecule is Cc1nc([C@@H]2O[C@H](CO)[C@H](O)[C@H](n3cc(-c4cc(F)c(Cl)c(F)c4)nn3)[C@H]2OCC(=O)O)n(-c2cc(Cl)ccc2C(F)(F)F)n1. The highest BCUT2D eigenvalue weighted by atomic mass is 35.5. The van der Waals surface area contributed by atoms with Crippen LogP contribution in [-0.4, -0.2) is 82.6 Å². The monoisotopic (exact) mass is 678 g/mol. The van der Waals surface area contributed by atoms with E-state index in [9.17, 15) is 42.1 Å². The number of aliphatic hydroxyl groups excluding tert-OH is 2. The fourth-order valence-corrected chi connectivity index (χ4v) is 5.21. The quantitative estimate of drug-likeness (QED) is 0.184. The molecule has 5 rings (SSSR count). The molecule has 0 spiro atoms. The zero-order valence-electron chi connectivity index (χ0n) is 22.7. The molecule has 1 saturated heterocycles. The highest BCUT2D eigenvalue weighted by Crippen LogP contribution is 2.42. The van der Waals surface area contributed by atoms with Crippen molar-refractivity contribution in [3.63, 3.8) is 0 Å². The Morgan fingerprint density at radius 3 is 2.47 bits per heavy atom. The number of carboxylic acid groups (broad SMARTS) is 1. The number of carbonyl (C=O) groups is 1. The molecule has 0 amide bonds. The van der Waals surface area contributed by atoms with Gasteiger partial charge in [-0.25, -0.2) is 27.9 Å². The van der Waals surface area contributed by atoms with Crippen molar-refractivity contribution < 1.29 is 51.5 Å². The predicted molar refractivity (Wildman–Crippen MR) is 144 cm³/mol. The average Bonchev–Trinajstić information content (AvgIpc) is 3.61. The zero-order valence-corrected chi connectivity index (χ0v) is 24.2. The van der Waals surface area contributed by atoms with E-state index in [2.05, 4.69) is 20.4 Å². The maximum Gasteiger partial charge on any atom is 0.418 e. The topological polar surface area (TPSA) is 158 Å². The summed E-state index contributed by atoms with van der Waals surface area (Å²) in [5.74, 6) is -4.00. The van der Waals surface area contributed by atoms with Gasteiger partial charge >= 0.3 is 12.1 Å². The lowest BCUT2D eigenvalue weighted by Gasteiger charge is -2.43. The normalized spacial score (nSPS) is 22.1. The van der Waals surface area contributed by atoms with Crippen molar-refractivity contribution in [3.05, 3.63) is 75.4 Å². The number of aliphatic carboxylic acids is 1. The van der Waals surface area contributed by atoms with E-state index in [0.717, 1.165) is 45.9 Å². The first kappa shape index (κ1) is 32.6. The number of aromatic nitrogens is 6. The van der Waals surface area contributed by atoms with E-state index in [0.29, 0.717) is 0 Å². The summed E-state index contributed by atoms with van der Waals surface area (Å²) in [4.78, 5) is 15.8. The van der Waals surface area contributed by atoms with Gasteiger partial charge in [0.2, 0.25) is 0 Å². The number of alkyl halides is 3. The summed E-state index contributed by atoms with van der Waals surface area (Å²) >= 11 is 11.6. The molecule has 240 valence electrons. The van der Waals surface area contributed by atoms with E-state index in [4.69, 9.17) is 32.7 Å². The average molecular weight is 679 g/mol. The molecule has 2 aromatic carbocycles. The van der Waals surface area contributed by atoms with Crippen molar-refractivity contribution in [1.82, 2.24) is 29.8 Å². The summed E-state index contributed by atoms with van der Waals surface area (Å²) in [6.07, 6.45) is -10.0. The van der Waals surface area contributed by atoms with Crippen LogP contribution in [0.25, 0.3) is 16.9 Å². The first-order valence-electron chi connectivity index (χ1n) is 12.8. The van der Waals surface area contributed by atoms with E-state index in [-0.39, 0.29) is 27.9 Å². The van der Waals surface area contributed by atoms with Gasteiger partial charge in [-0.15, -0.1) is 5.10 Å². The number of ether oxygens (including phenoxy) is 2. The third-order valence-corrected chi connectivity index (χ3v) is 7.44. The van der Waals surface area contributed by atoms with E-state index in [1.165, 1.54) is 6.92 Å². The van der Waals surface area contributed by atoms with Crippen molar-refractivity contribution in [2.24, 2.45) is 0 Å². The summed E-state index contributed by atoms with van der Waals surface area (Å²) in [5, 5.41) is 41.7. The number of benzene rings is 2. The lowest BCUT2D eigenvalue weighted by atomic mass is 9.91. The smallest absolute Gasteiger partial charge is 0.418 e. The molecule has 1 fully saturated rings. The van der Waals surface area contributed by atoms with Gasteiger partial charge in [-0.1, -0.05) is 28.4 Å². The summed E-state index contributed by atoms with van der Waals surface area (Å²) in [6.45, 7) is -0.435. The molecule has 3 heterocycles. The molecular weight excluding hydrogens is 658 g/mol. The van der Waals surface area contributed by atoms with Crippen LogP contribution in [0.5, 0.6) is 0 Å². The Labute approximate surface area is 259 Å². The molecule has 19 heteroatoms. The van der Waals surface area contributed by atoms with Gasteiger partial charge in [0.15, 0.2) is 5.82 Å². The third-order valence-electron chi connectivity index (χ3n) is 6.85. The molecule has 5 atom stereocenters. The molecule has 4 aromatic rings. The summed E-state index contributed by atoms with van der Waals surface area (Å²) in [7, 11) is 0. The minimum absolute atomic E-state index is 0.0308. The molecule has 1 aliphatic heterocycles. The van der Waals surface area contributed by atoms with Crippen LogP contribution < -0.4 is 0 Å². The Bertz CT molecular complexity index is 1710. The number of halogens is 7. The van der Waals surface area contributed by atoms with Crippen molar-refractivity contribution >= 4 is 29.2 Å². The lowest BCUT2D eigenvalue weighted by Crippen LogP contribution is -2.54. The van der Waals surface area contributed by atoms with Gasteiger partial charge < -0.3 is 24.8 Å². The second kappa shape index (κ2) is 12.6. The molecule has 3 N–H and O–H groups in total. The number of hydrogen-bond donors (Lipinski definition) is 3. The first-order valence-corrected chi connectivity index (χ1v) is 13.6. The summed E-state index contributed by atoms with van der Waals surface area (Å²) in [6, 6.07) is 3.07. The van der Waals surface area contributed by atoms with Gasteiger partial charge in [-0.2, -0.15) is 18.3 Å². The lowest BCUT2D eigenvalue weighted by molar-refractivity contribution is -0.225. The van der Waals surface area contributed by atoms with E-state index >= 15 is 0 Å². The van der Waals surface area contributed by atoms with Crippen LogP contribution in [0.15, 0.2) is 36.5 Å². The molecule has 0 bridgehead atoms. The van der Waals surface area contributed by atoms with Crippen LogP contribution >= 0.6 is 23.2 Å². The standard InChI is InChI=1S/C26H21Cl2F5N6O6/c1-10-34-25(39(36-10)17-6-12(27)2-3-13(17)26(31,32)33)24-23(44-9-19(41)42)21(22(43)18(8-40)45-24)38-7-16(35-37-38)11-4-14(29)20(28)15(30)5-11/h2-7,18,21-24,40,43H,8-9H2,1H3,(H,41,42)/t18-,21+,22+,23-,24-/m1/s1. The van der Waals surface area contributed by atoms with Crippen molar-refractivity contribution in [2.75, 3.05) is 13.2 Å². The Balaban J connectivity index is 1.65. The van der Waals surface area contributed by atoms with Crippen LogP contribution in [-0.2, 0) is 20.4 Å². The Morgan fingerprint density at radius 2 is 1.84 bits per heavy atom. The van der Waals surface area contributed by atoms with Gasteiger partial charge in [0.25, 0.3) is 0 Å². The number of nitrogens with zero attached hydrogens (tertiary/aromatic N) is 6. The van der Waals surface area contributed by atoms with Crippen LogP contribution in [0.1, 0.15) is 29.4 Å². The Hall–Kier alpha value is -3.74. The molecule has 2 aromatic heterocycles. The highest BCUT2D eigenvalue weighted by molar-refractivity contribution is 6.31. The van der Waals surface area contributed by atoms with Crippen LogP contribution in [0.3, 0.4) is 0 Å². The van der Waals surface area contributed by atoms with Crippen molar-refractivity contribution in [2.45, 2.75) is 43.6 Å². The first-order chi connectivity index (χ1) is 21.2. The van der Waals surface area contributed by atoms with Crippen LogP contribution in [0, 0.1) is 18.6 Å². The number of aliphatic hydroxyl groups is 2. The van der Waals surface area contributed by atoms with Gasteiger partial charge in [-0.05, 0) is 37.3 Å². The molecule has 0 unspecified atom stereocenters. The van der Waals surface area contributed by atoms with E-state index < -0.39 is 83.7 Å². The number of hydrogen-bond acceptors (Lipinski definition) is 9. The minimum Gasteiger partial charge on any atom is -0.480 e. The Kier molecular flexibility index (Phi) is 9.12. The molecule has 1 aliphatic rings. The largest absolute Gasteiger partial charge is 0.480 e. The molecule has 45 heavy (non-hydrogen) atoms. The second-order valence-corrected chi connectivity index (χ2v) is 10.7. The molecule has 0 aliphatic carbocycles. The maximum absolute atomic E-state index is 14.1. The van der Waals surface area contributed by atoms with E-state index in [1.54, 1.807) is 0 Å². The summed E-state index contributed by atoms with van der Waals surface area (Å²) < 4.78 is 83.7. The van der Waals surface area contributed by atoms with Crippen molar-refractivity contribution in [1.29, 1.82) is 0 Å². The molecule has 0 saturated carbocycles. The number of aryl methyl sites for hydroxylation is 1. The molecular formula is C26H21Cl2F5N6O6. The number of rotatable bonds is 8. The maximum atomic E-state index is 14.1. The second-order valence-electron chi connectivity index (χ2n) is 9.85. The van der Waals surface area contributed by atoms with E-state index in [1.807, 2.05) is 0 Å². The Morgan fingerprint density at radius 1 is 1.16 bits per heavy atom. The number of carboxylic acids is 1. The fraction of sp³-hybridized carbons (Fsp3) is 0.346. The molecule has 12 nitrogen and oxygen atoms in total. The van der Waals surface area contributed by atoms with Crippen molar-refractivity contribution in [3.8, 4) is 16.9 Å². The van der Waals surface area contributed by atoms with Crippen LogP contribution in [0.2, 0.25) is 10.0 Å². The fourth-order valence-electron chi connectivity index (χ4n) is 4.93. The van der Waals surface area contributed by atoms with Gasteiger partial charge in [0, 0.05) is 10.6 Å². The van der Waals surface area contributed by atoms with Crippen LogP contribution in [0.4, 0.5) is 22.0 Å². The van der Waals surface area contributed by atoms with Gasteiger partial charge in [0.1, 0.15) is 65.2 Å². The zero-order chi connectivity index (χ0) is 32.8. The molecule has 0 radical (unpaired) electrons. The third kappa shape index (κ3) is 6.49. The minimum atomic E-state index is -4.87. The van der Waals surface area contributed by atoms with Gasteiger partial charge in [0.05, 0.1) is 24.1 Å². The van der Waals surface area contributed by atoms with Gasteiger partial charge in [-0.3, -0.25) is 0 Å². The summed E-state index contributed by atoms with van der Waals surface area (Å²) in [5.41, 5.74) is -1.90.